The zero-order valence-electron chi connectivity index (χ0n) is 22.6. The van der Waals surface area contributed by atoms with Crippen molar-refractivity contribution >= 4 is 11.7 Å². The van der Waals surface area contributed by atoms with Crippen LogP contribution in [-0.4, -0.2) is 79.2 Å². The lowest BCUT2D eigenvalue weighted by molar-refractivity contribution is -0.173. The van der Waals surface area contributed by atoms with Crippen molar-refractivity contribution in [3.8, 4) is 17.2 Å². The number of carbonyl (C=O) groups excluding carboxylic acids is 1. The number of halogens is 3. The number of methoxy groups -OCH3 is 3. The van der Waals surface area contributed by atoms with Crippen LogP contribution in [0.1, 0.15) is 40.0 Å². The molecule has 0 spiro atoms. The third-order valence-electron chi connectivity index (χ3n) is 7.47. The standard InChI is InChI=1S/C28H32F3N5O4/c1-38-22-13-19(14-23(39-2)25(22)40-3)21-15-24(28(29,30)31)36-26(33-21)20(16-32-36)27(37)35-11-9-34(10-12-35)17-18-7-5-4-6-8-18/h4-8,13-14,16,21,24,33H,9-12,15,17H2,1-3H3/t21-,24-/m1/s1. The van der Waals surface area contributed by atoms with Crippen molar-refractivity contribution in [2.45, 2.75) is 31.2 Å². The molecule has 2 aliphatic rings. The van der Waals surface area contributed by atoms with Crippen LogP contribution >= 0.6 is 0 Å². The first-order chi connectivity index (χ1) is 19.2. The summed E-state index contributed by atoms with van der Waals surface area (Å²) in [5.74, 6) is 0.685. The SMILES string of the molecule is COc1cc([C@H]2C[C@H](C(F)(F)F)n3ncc(C(=O)N4CCN(Cc5ccccc5)CC4)c3N2)cc(OC)c1OC. The average molecular weight is 560 g/mol. The molecule has 2 atom stereocenters. The zero-order valence-corrected chi connectivity index (χ0v) is 22.6. The van der Waals surface area contributed by atoms with E-state index in [1.807, 2.05) is 18.2 Å². The van der Waals surface area contributed by atoms with Crippen LogP contribution in [-0.2, 0) is 6.54 Å². The van der Waals surface area contributed by atoms with E-state index in [9.17, 15) is 18.0 Å². The highest BCUT2D eigenvalue weighted by molar-refractivity contribution is 5.99. The number of nitrogens with one attached hydrogen (secondary N) is 1. The highest BCUT2D eigenvalue weighted by Crippen LogP contribution is 2.47. The van der Waals surface area contributed by atoms with Crippen molar-refractivity contribution in [1.29, 1.82) is 0 Å². The molecule has 1 N–H and O–H groups in total. The van der Waals surface area contributed by atoms with Gasteiger partial charge < -0.3 is 24.4 Å². The van der Waals surface area contributed by atoms with Crippen LogP contribution in [0.5, 0.6) is 17.2 Å². The molecule has 0 radical (unpaired) electrons. The van der Waals surface area contributed by atoms with Gasteiger partial charge in [0.25, 0.3) is 5.91 Å². The average Bonchev–Trinajstić information content (AvgIpc) is 3.39. The first kappa shape index (κ1) is 27.6. The molecule has 0 saturated carbocycles. The Morgan fingerprint density at radius 2 is 1.65 bits per heavy atom. The predicted molar refractivity (Wildman–Crippen MR) is 142 cm³/mol. The van der Waals surface area contributed by atoms with Crippen molar-refractivity contribution in [2.24, 2.45) is 0 Å². The Bertz CT molecular complexity index is 1310. The van der Waals surface area contributed by atoms with Gasteiger partial charge in [0, 0.05) is 39.1 Å². The van der Waals surface area contributed by atoms with Crippen molar-refractivity contribution in [2.75, 3.05) is 52.8 Å². The zero-order chi connectivity index (χ0) is 28.4. The highest BCUT2D eigenvalue weighted by Gasteiger charge is 2.47. The summed E-state index contributed by atoms with van der Waals surface area (Å²) in [5.41, 5.74) is 1.81. The number of fused-ring (bicyclic) bond motifs is 1. The number of piperazine rings is 1. The maximum Gasteiger partial charge on any atom is 0.410 e. The first-order valence-electron chi connectivity index (χ1n) is 13.0. The smallest absolute Gasteiger partial charge is 0.410 e. The fraction of sp³-hybridized carbons (Fsp3) is 0.429. The predicted octanol–water partition coefficient (Wildman–Crippen LogP) is 4.53. The molecule has 2 aromatic carbocycles. The summed E-state index contributed by atoms with van der Waals surface area (Å²) >= 11 is 0. The van der Waals surface area contributed by atoms with Crippen LogP contribution in [0.3, 0.4) is 0 Å². The summed E-state index contributed by atoms with van der Waals surface area (Å²) in [4.78, 5) is 17.5. The minimum Gasteiger partial charge on any atom is -0.493 e. The lowest BCUT2D eigenvalue weighted by Gasteiger charge is -2.36. The molecule has 0 bridgehead atoms. The van der Waals surface area contributed by atoms with E-state index in [0.717, 1.165) is 11.2 Å². The summed E-state index contributed by atoms with van der Waals surface area (Å²) in [6, 6.07) is 10.6. The minimum atomic E-state index is -4.58. The number of nitrogens with zero attached hydrogens (tertiary/aromatic N) is 4. The lowest BCUT2D eigenvalue weighted by Crippen LogP contribution is -2.48. The van der Waals surface area contributed by atoms with Gasteiger partial charge in [-0.05, 0) is 23.3 Å². The van der Waals surface area contributed by atoms with Gasteiger partial charge >= 0.3 is 6.18 Å². The number of alkyl halides is 3. The molecule has 40 heavy (non-hydrogen) atoms. The summed E-state index contributed by atoms with van der Waals surface area (Å²) in [7, 11) is 4.34. The molecule has 12 heteroatoms. The second-order valence-electron chi connectivity index (χ2n) is 9.85. The van der Waals surface area contributed by atoms with Crippen LogP contribution in [0.25, 0.3) is 0 Å². The summed E-state index contributed by atoms with van der Waals surface area (Å²) in [5, 5.41) is 7.18. The molecule has 3 aromatic rings. The number of ether oxygens (including phenoxy) is 3. The van der Waals surface area contributed by atoms with Gasteiger partial charge in [0.05, 0.1) is 33.6 Å². The van der Waals surface area contributed by atoms with Gasteiger partial charge in [-0.1, -0.05) is 30.3 Å². The van der Waals surface area contributed by atoms with Gasteiger partial charge in [0.15, 0.2) is 17.5 Å². The number of benzene rings is 2. The quantitative estimate of drug-likeness (QED) is 0.456. The fourth-order valence-electron chi connectivity index (χ4n) is 5.36. The number of rotatable bonds is 7. The Hall–Kier alpha value is -3.93. The van der Waals surface area contributed by atoms with Crippen molar-refractivity contribution < 1.29 is 32.2 Å². The molecule has 214 valence electrons. The van der Waals surface area contributed by atoms with Crippen molar-refractivity contribution in [1.82, 2.24) is 19.6 Å². The van der Waals surface area contributed by atoms with E-state index in [1.165, 1.54) is 33.1 Å². The minimum absolute atomic E-state index is 0.0454. The van der Waals surface area contributed by atoms with E-state index < -0.39 is 18.3 Å². The van der Waals surface area contributed by atoms with Crippen LogP contribution in [0.2, 0.25) is 0 Å². The number of amides is 1. The molecule has 9 nitrogen and oxygen atoms in total. The van der Waals surface area contributed by atoms with E-state index in [1.54, 1.807) is 17.0 Å². The van der Waals surface area contributed by atoms with Gasteiger partial charge in [-0.15, -0.1) is 0 Å². The molecule has 1 saturated heterocycles. The van der Waals surface area contributed by atoms with Gasteiger partial charge in [-0.25, -0.2) is 4.68 Å². The van der Waals surface area contributed by atoms with Crippen LogP contribution in [0.4, 0.5) is 19.0 Å². The normalized spacial score (nSPS) is 19.5. The number of anilines is 1. The van der Waals surface area contributed by atoms with Crippen molar-refractivity contribution in [3.63, 3.8) is 0 Å². The Labute approximate surface area is 230 Å². The molecule has 3 heterocycles. The Morgan fingerprint density at radius 1 is 1.00 bits per heavy atom. The monoisotopic (exact) mass is 559 g/mol. The van der Waals surface area contributed by atoms with Gasteiger partial charge in [0.2, 0.25) is 5.75 Å². The molecule has 1 aromatic heterocycles. The Kier molecular flexibility index (Phi) is 7.79. The maximum absolute atomic E-state index is 14.2. The van der Waals surface area contributed by atoms with E-state index in [0.29, 0.717) is 49.0 Å². The van der Waals surface area contributed by atoms with E-state index >= 15 is 0 Å². The topological polar surface area (TPSA) is 81.1 Å². The summed E-state index contributed by atoms with van der Waals surface area (Å²) in [6.45, 7) is 3.04. The maximum atomic E-state index is 14.2. The van der Waals surface area contributed by atoms with Crippen molar-refractivity contribution in [3.05, 3.63) is 65.4 Å². The Morgan fingerprint density at radius 3 is 2.23 bits per heavy atom. The van der Waals surface area contributed by atoms with Crippen LogP contribution < -0.4 is 19.5 Å². The number of hydrogen-bond acceptors (Lipinski definition) is 7. The van der Waals surface area contributed by atoms with E-state index in [4.69, 9.17) is 14.2 Å². The van der Waals surface area contributed by atoms with Crippen LogP contribution in [0.15, 0.2) is 48.7 Å². The molecule has 0 unspecified atom stereocenters. The molecule has 2 aliphatic heterocycles. The second-order valence-corrected chi connectivity index (χ2v) is 9.85. The largest absolute Gasteiger partial charge is 0.493 e. The summed E-state index contributed by atoms with van der Waals surface area (Å²) in [6.07, 6.45) is -3.68. The molecular formula is C28H32F3N5O4. The Balaban J connectivity index is 1.39. The molecule has 1 fully saturated rings. The molecule has 5 rings (SSSR count). The van der Waals surface area contributed by atoms with Gasteiger partial charge in [-0.3, -0.25) is 9.69 Å². The number of aromatic nitrogens is 2. The third-order valence-corrected chi connectivity index (χ3v) is 7.47. The third kappa shape index (κ3) is 5.40. The first-order valence-corrected chi connectivity index (χ1v) is 13.0. The van der Waals surface area contributed by atoms with Gasteiger partial charge in [-0.2, -0.15) is 18.3 Å². The van der Waals surface area contributed by atoms with Gasteiger partial charge in [0.1, 0.15) is 11.4 Å². The van der Waals surface area contributed by atoms with E-state index in [-0.39, 0.29) is 23.7 Å². The number of hydrogen-bond donors (Lipinski definition) is 1. The summed E-state index contributed by atoms with van der Waals surface area (Å²) < 4.78 is 59.8. The van der Waals surface area contributed by atoms with E-state index in [2.05, 4.69) is 27.4 Å². The fourth-order valence-corrected chi connectivity index (χ4v) is 5.36. The second kappa shape index (κ2) is 11.3. The molecular weight excluding hydrogens is 527 g/mol. The van der Waals surface area contributed by atoms with Crippen LogP contribution in [0, 0.1) is 0 Å². The number of carbonyl (C=O) groups is 1. The lowest BCUT2D eigenvalue weighted by atomic mass is 9.95. The molecule has 1 amide bonds. The highest BCUT2D eigenvalue weighted by atomic mass is 19.4. The molecule has 0 aliphatic carbocycles.